The number of likely N-dealkylation sites (N-methyl/N-ethyl adjacent to an activating group) is 1. The van der Waals surface area contributed by atoms with Gasteiger partial charge in [0, 0.05) is 57.4 Å². The van der Waals surface area contributed by atoms with Crippen LogP contribution < -0.4 is 15.0 Å². The van der Waals surface area contributed by atoms with E-state index in [2.05, 4.69) is 29.8 Å². The first-order chi connectivity index (χ1) is 21.2. The molecule has 5 rings (SSSR count). The molecule has 1 N–H and O–H groups in total. The van der Waals surface area contributed by atoms with Crippen molar-refractivity contribution < 1.29 is 36.9 Å². The summed E-state index contributed by atoms with van der Waals surface area (Å²) < 4.78 is 62.7. The van der Waals surface area contributed by atoms with Gasteiger partial charge in [0.2, 0.25) is 5.95 Å². The molecule has 14 heteroatoms. The Bertz CT molecular complexity index is 1400. The summed E-state index contributed by atoms with van der Waals surface area (Å²) in [6.07, 6.45) is 0.884. The molecule has 0 bridgehead atoms. The molecule has 0 spiro atoms. The summed E-state index contributed by atoms with van der Waals surface area (Å²) in [6.45, 7) is 6.48. The van der Waals surface area contributed by atoms with E-state index < -0.39 is 18.1 Å². The average molecular weight is 619 g/mol. The summed E-state index contributed by atoms with van der Waals surface area (Å²) >= 11 is 0. The molecule has 11 nitrogen and oxygen atoms in total. The number of hydrogen-bond donors (Lipinski definition) is 1. The minimum Gasteiger partial charge on any atom is -0.462 e. The molecule has 0 aliphatic carbocycles. The lowest BCUT2D eigenvalue weighted by Gasteiger charge is -2.34. The Balaban J connectivity index is 1.40. The zero-order valence-electron chi connectivity index (χ0n) is 24.8. The predicted molar refractivity (Wildman–Crippen MR) is 157 cm³/mol. The number of nitrogens with one attached hydrogen (secondary N) is 1. The van der Waals surface area contributed by atoms with Gasteiger partial charge >= 0.3 is 12.3 Å². The molecule has 3 aromatic rings. The van der Waals surface area contributed by atoms with Gasteiger partial charge in [0.15, 0.2) is 12.0 Å². The van der Waals surface area contributed by atoms with Crippen LogP contribution in [0.15, 0.2) is 42.7 Å². The molecule has 2 aliphatic heterocycles. The van der Waals surface area contributed by atoms with Crippen LogP contribution in [0.1, 0.15) is 36.5 Å². The Hall–Kier alpha value is -3.88. The van der Waals surface area contributed by atoms with Crippen LogP contribution in [0.25, 0.3) is 11.4 Å². The maximum atomic E-state index is 13.3. The number of benzene rings is 1. The Labute approximate surface area is 253 Å². The average Bonchev–Trinajstić information content (AvgIpc) is 3.43. The maximum Gasteiger partial charge on any atom is 0.573 e. The second kappa shape index (κ2) is 14.3. The van der Waals surface area contributed by atoms with Crippen LogP contribution >= 0.6 is 0 Å². The van der Waals surface area contributed by atoms with E-state index in [4.69, 9.17) is 14.2 Å². The first-order valence-corrected chi connectivity index (χ1v) is 14.7. The van der Waals surface area contributed by atoms with E-state index in [1.807, 2.05) is 11.6 Å². The minimum absolute atomic E-state index is 0.0577. The Morgan fingerprint density at radius 2 is 1.95 bits per heavy atom. The van der Waals surface area contributed by atoms with Crippen LogP contribution in [0.2, 0.25) is 0 Å². The van der Waals surface area contributed by atoms with E-state index in [9.17, 15) is 18.0 Å². The van der Waals surface area contributed by atoms with Crippen molar-refractivity contribution in [1.82, 2.24) is 19.4 Å². The van der Waals surface area contributed by atoms with Crippen LogP contribution in [0.5, 0.6) is 5.75 Å². The fourth-order valence-corrected chi connectivity index (χ4v) is 5.13. The lowest BCUT2D eigenvalue weighted by molar-refractivity contribution is -0.274. The number of piperazine rings is 1. The van der Waals surface area contributed by atoms with E-state index in [1.54, 1.807) is 37.4 Å². The highest BCUT2D eigenvalue weighted by atomic mass is 19.4. The van der Waals surface area contributed by atoms with Gasteiger partial charge < -0.3 is 38.6 Å². The number of carbonyl (C=O) groups is 1. The highest BCUT2D eigenvalue weighted by Crippen LogP contribution is 2.36. The van der Waals surface area contributed by atoms with Crippen LogP contribution in [0.3, 0.4) is 0 Å². The monoisotopic (exact) mass is 618 g/mol. The fourth-order valence-electron chi connectivity index (χ4n) is 5.13. The summed E-state index contributed by atoms with van der Waals surface area (Å²) in [4.78, 5) is 25.7. The van der Waals surface area contributed by atoms with Gasteiger partial charge in [0.1, 0.15) is 0 Å². The van der Waals surface area contributed by atoms with Crippen molar-refractivity contribution in [1.29, 1.82) is 0 Å². The molecule has 238 valence electrons. The zero-order valence-corrected chi connectivity index (χ0v) is 24.8. The van der Waals surface area contributed by atoms with Crippen LogP contribution in [0, 0.1) is 0 Å². The fraction of sp³-hybridized carbons (Fsp3) is 0.500. The summed E-state index contributed by atoms with van der Waals surface area (Å²) in [7, 11) is 2.03. The third-order valence-corrected chi connectivity index (χ3v) is 7.40. The lowest BCUT2D eigenvalue weighted by Crippen LogP contribution is -2.44. The van der Waals surface area contributed by atoms with Gasteiger partial charge in [-0.15, -0.1) is 13.2 Å². The smallest absolute Gasteiger partial charge is 0.462 e. The molecule has 0 amide bonds. The molecule has 44 heavy (non-hydrogen) atoms. The van der Waals surface area contributed by atoms with Crippen molar-refractivity contribution in [3.8, 4) is 17.1 Å². The minimum atomic E-state index is -4.89. The molecule has 1 aromatic carbocycles. The van der Waals surface area contributed by atoms with E-state index in [0.717, 1.165) is 51.1 Å². The highest BCUT2D eigenvalue weighted by Gasteiger charge is 2.32. The number of halogens is 3. The Kier molecular flexibility index (Phi) is 10.2. The van der Waals surface area contributed by atoms with Crippen LogP contribution in [-0.4, -0.2) is 91.1 Å². The quantitative estimate of drug-likeness (QED) is 0.294. The number of carbonyl (C=O) groups excluding carboxylic acids is 1. The third-order valence-electron chi connectivity index (χ3n) is 7.40. The number of aromatic nitrogens is 3. The van der Waals surface area contributed by atoms with Gasteiger partial charge in [-0.25, -0.2) is 14.8 Å². The Morgan fingerprint density at radius 1 is 1.14 bits per heavy atom. The maximum absolute atomic E-state index is 13.3. The van der Waals surface area contributed by atoms with Gasteiger partial charge in [0.05, 0.1) is 35.9 Å². The standard InChI is InChI=1S/C30H37F3N6O5/c1-3-41-28(40)21-18-25(39(20-21)15-17-43-27-6-4-5-16-42-27)23-9-10-34-29(35-23)36-24-19-22(38-13-11-37(2)12-14-38)7-8-26(24)44-30(31,32)33/h7-10,18-20,27H,3-6,11-17H2,1-2H3,(H,34,35,36). The summed E-state index contributed by atoms with van der Waals surface area (Å²) in [5, 5.41) is 2.92. The van der Waals surface area contributed by atoms with Crippen molar-refractivity contribution in [2.75, 3.05) is 63.3 Å². The lowest BCUT2D eigenvalue weighted by atomic mass is 10.2. The van der Waals surface area contributed by atoms with Gasteiger partial charge in [-0.05, 0) is 63.6 Å². The molecule has 1 atom stereocenters. The zero-order chi connectivity index (χ0) is 31.1. The molecule has 2 saturated heterocycles. The molecule has 0 saturated carbocycles. The number of anilines is 3. The predicted octanol–water partition coefficient (Wildman–Crippen LogP) is 5.06. The number of alkyl halides is 3. The SMILES string of the molecule is CCOC(=O)c1cc(-c2ccnc(Nc3cc(N4CCN(C)CC4)ccc3OC(F)(F)F)n2)n(CCOC2CCCCO2)c1. The topological polar surface area (TPSA) is 103 Å². The number of ether oxygens (including phenoxy) is 4. The molecular formula is C30H37F3N6O5. The van der Waals surface area contributed by atoms with Crippen LogP contribution in [-0.2, 0) is 20.8 Å². The van der Waals surface area contributed by atoms with E-state index in [-0.39, 0.29) is 24.5 Å². The molecular weight excluding hydrogens is 581 g/mol. The molecule has 2 fully saturated rings. The first kappa shape index (κ1) is 31.5. The molecule has 4 heterocycles. The van der Waals surface area contributed by atoms with Gasteiger partial charge in [-0.3, -0.25) is 0 Å². The summed E-state index contributed by atoms with van der Waals surface area (Å²) in [5.74, 6) is -0.826. The normalized spacial score (nSPS) is 17.8. The molecule has 0 radical (unpaired) electrons. The second-order valence-corrected chi connectivity index (χ2v) is 10.6. The molecule has 2 aliphatic rings. The second-order valence-electron chi connectivity index (χ2n) is 10.6. The summed E-state index contributed by atoms with van der Waals surface area (Å²) in [6, 6.07) is 7.83. The largest absolute Gasteiger partial charge is 0.573 e. The van der Waals surface area contributed by atoms with Crippen molar-refractivity contribution in [2.45, 2.75) is 45.4 Å². The Morgan fingerprint density at radius 3 is 2.68 bits per heavy atom. The molecule has 2 aromatic heterocycles. The van der Waals surface area contributed by atoms with Crippen molar-refractivity contribution >= 4 is 23.3 Å². The summed E-state index contributed by atoms with van der Waals surface area (Å²) in [5.41, 5.74) is 2.19. The van der Waals surface area contributed by atoms with Gasteiger partial charge in [-0.2, -0.15) is 0 Å². The number of hydrogen-bond acceptors (Lipinski definition) is 10. The van der Waals surface area contributed by atoms with Gasteiger partial charge in [0.25, 0.3) is 0 Å². The number of nitrogens with zero attached hydrogens (tertiary/aromatic N) is 5. The first-order valence-electron chi connectivity index (χ1n) is 14.7. The van der Waals surface area contributed by atoms with E-state index >= 15 is 0 Å². The number of rotatable bonds is 11. The van der Waals surface area contributed by atoms with Crippen molar-refractivity contribution in [2.24, 2.45) is 0 Å². The van der Waals surface area contributed by atoms with E-state index in [0.29, 0.717) is 36.7 Å². The third kappa shape index (κ3) is 8.39. The molecule has 1 unspecified atom stereocenters. The highest BCUT2D eigenvalue weighted by molar-refractivity contribution is 5.91. The van der Waals surface area contributed by atoms with Crippen LogP contribution in [0.4, 0.5) is 30.5 Å². The van der Waals surface area contributed by atoms with Crippen molar-refractivity contribution in [3.05, 3.63) is 48.3 Å². The van der Waals surface area contributed by atoms with Crippen molar-refractivity contribution in [3.63, 3.8) is 0 Å². The van der Waals surface area contributed by atoms with Gasteiger partial charge in [-0.1, -0.05) is 0 Å². The number of esters is 1. The van der Waals surface area contributed by atoms with E-state index in [1.165, 1.54) is 12.3 Å².